The summed E-state index contributed by atoms with van der Waals surface area (Å²) < 4.78 is 13.9. The number of hydrogen-bond donors (Lipinski definition) is 1. The lowest BCUT2D eigenvalue weighted by Crippen LogP contribution is -2.51. The van der Waals surface area contributed by atoms with Gasteiger partial charge in [0.15, 0.2) is 5.72 Å². The lowest BCUT2D eigenvalue weighted by Gasteiger charge is -2.36. The van der Waals surface area contributed by atoms with E-state index in [1.807, 2.05) is 0 Å². The molecule has 0 aromatic carbocycles. The second-order valence-corrected chi connectivity index (χ2v) is 5.71. The molecule has 1 unspecified atom stereocenters. The van der Waals surface area contributed by atoms with Crippen LogP contribution in [0.4, 0.5) is 0 Å². The fourth-order valence-electron chi connectivity index (χ4n) is 3.05. The first-order chi connectivity index (χ1) is 12.4. The molecule has 1 fully saturated rings. The van der Waals surface area contributed by atoms with Gasteiger partial charge in [-0.1, -0.05) is 11.1 Å². The first-order valence-electron chi connectivity index (χ1n) is 7.91. The van der Waals surface area contributed by atoms with Crippen molar-refractivity contribution in [1.82, 2.24) is 5.06 Å². The average molecular weight is 371 g/mol. The summed E-state index contributed by atoms with van der Waals surface area (Å²) in [5.74, 6) is -2.83. The van der Waals surface area contributed by atoms with Crippen LogP contribution in [0.3, 0.4) is 0 Å². The molecule has 1 heterocycles. The Morgan fingerprint density at radius 1 is 1.12 bits per heavy atom. The first-order valence-corrected chi connectivity index (χ1v) is 7.91. The van der Waals surface area contributed by atoms with Crippen LogP contribution in [-0.4, -0.2) is 61.3 Å². The van der Waals surface area contributed by atoms with E-state index in [0.717, 1.165) is 38.2 Å². The molecule has 0 bridgehead atoms. The Bertz CT molecular complexity index is 634. The van der Waals surface area contributed by atoms with E-state index in [9.17, 15) is 19.6 Å². The number of hydrogen-bond acceptors (Lipinski definition) is 10. The molecule has 0 saturated heterocycles. The lowest BCUT2D eigenvalue weighted by atomic mass is 10.0. The second kappa shape index (κ2) is 8.30. The fourth-order valence-corrected chi connectivity index (χ4v) is 3.05. The molecule has 1 atom stereocenters. The molecule has 10 nitrogen and oxygen atoms in total. The summed E-state index contributed by atoms with van der Waals surface area (Å²) in [7, 11) is 3.47. The number of methoxy groups -OCH3 is 3. The monoisotopic (exact) mass is 371 g/mol. The minimum atomic E-state index is -1.29. The number of rotatable bonds is 6. The molecule has 144 valence electrons. The molecule has 0 radical (unpaired) electrons. The molecular weight excluding hydrogens is 350 g/mol. The van der Waals surface area contributed by atoms with Crippen LogP contribution in [-0.2, 0) is 38.3 Å². The fraction of sp³-hybridized carbons (Fsp3) is 0.562. The van der Waals surface area contributed by atoms with Crippen LogP contribution in [0.5, 0.6) is 0 Å². The van der Waals surface area contributed by atoms with Crippen LogP contribution < -0.4 is 0 Å². The third-order valence-corrected chi connectivity index (χ3v) is 4.33. The van der Waals surface area contributed by atoms with E-state index in [0.29, 0.717) is 12.8 Å². The predicted octanol–water partition coefficient (Wildman–Crippen LogP) is 0.691. The molecular formula is C16H21NO9. The van der Waals surface area contributed by atoms with Gasteiger partial charge in [0.2, 0.25) is 5.76 Å². The van der Waals surface area contributed by atoms with Gasteiger partial charge in [-0.2, -0.15) is 0 Å². The maximum Gasteiger partial charge on any atom is 0.376 e. The third kappa shape index (κ3) is 3.57. The Balaban J connectivity index is 2.52. The SMILES string of the molecule is COC(=O)/C=C/C1C(C(=O)OC)=C(C(=O)OC)ON1C1(OO)CCCC1. The largest absolute Gasteiger partial charge is 0.466 e. The zero-order valence-corrected chi connectivity index (χ0v) is 14.7. The summed E-state index contributed by atoms with van der Waals surface area (Å²) in [5, 5.41) is 10.7. The van der Waals surface area contributed by atoms with Crippen molar-refractivity contribution >= 4 is 17.9 Å². The van der Waals surface area contributed by atoms with Crippen LogP contribution in [0.1, 0.15) is 25.7 Å². The molecule has 1 aliphatic carbocycles. The van der Waals surface area contributed by atoms with Gasteiger partial charge in [-0.15, -0.1) is 0 Å². The van der Waals surface area contributed by atoms with Gasteiger partial charge in [0.25, 0.3) is 0 Å². The van der Waals surface area contributed by atoms with Gasteiger partial charge in [0, 0.05) is 6.08 Å². The van der Waals surface area contributed by atoms with Gasteiger partial charge in [0.05, 0.1) is 21.3 Å². The number of hydroxylamine groups is 2. The highest BCUT2D eigenvalue weighted by molar-refractivity contribution is 6.01. The number of carbonyl (C=O) groups is 3. The Morgan fingerprint density at radius 2 is 1.73 bits per heavy atom. The van der Waals surface area contributed by atoms with E-state index in [1.165, 1.54) is 13.2 Å². The summed E-state index contributed by atoms with van der Waals surface area (Å²) in [6.45, 7) is 0. The van der Waals surface area contributed by atoms with E-state index in [-0.39, 0.29) is 5.57 Å². The molecule has 0 amide bonds. The Kier molecular flexibility index (Phi) is 6.35. The van der Waals surface area contributed by atoms with Crippen LogP contribution in [0.25, 0.3) is 0 Å². The van der Waals surface area contributed by atoms with Crippen LogP contribution in [0.2, 0.25) is 0 Å². The van der Waals surface area contributed by atoms with Gasteiger partial charge in [-0.3, -0.25) is 0 Å². The van der Waals surface area contributed by atoms with Crippen molar-refractivity contribution in [3.05, 3.63) is 23.5 Å². The molecule has 1 aliphatic heterocycles. The predicted molar refractivity (Wildman–Crippen MR) is 83.8 cm³/mol. The van der Waals surface area contributed by atoms with Crippen molar-refractivity contribution in [3.8, 4) is 0 Å². The van der Waals surface area contributed by atoms with Crippen molar-refractivity contribution in [2.24, 2.45) is 0 Å². The normalized spacial score (nSPS) is 22.4. The highest BCUT2D eigenvalue weighted by Crippen LogP contribution is 2.43. The summed E-state index contributed by atoms with van der Waals surface area (Å²) >= 11 is 0. The van der Waals surface area contributed by atoms with Crippen LogP contribution in [0.15, 0.2) is 23.5 Å². The van der Waals surface area contributed by atoms with E-state index >= 15 is 0 Å². The van der Waals surface area contributed by atoms with E-state index in [1.54, 1.807) is 0 Å². The standard InChI is InChI=1S/C16H21NO9/c1-22-11(18)7-6-10-12(14(19)23-2)13(15(20)24-3)25-17(10)16(26-21)8-4-5-9-16/h6-7,10,21H,4-5,8-9H2,1-3H3/b7-6+. The number of carbonyl (C=O) groups excluding carboxylic acids is 3. The van der Waals surface area contributed by atoms with Crippen molar-refractivity contribution in [2.45, 2.75) is 37.5 Å². The van der Waals surface area contributed by atoms with Gasteiger partial charge < -0.3 is 19.0 Å². The zero-order chi connectivity index (χ0) is 19.3. The highest BCUT2D eigenvalue weighted by Gasteiger charge is 2.54. The molecule has 0 spiro atoms. The number of ether oxygens (including phenoxy) is 3. The quantitative estimate of drug-likeness (QED) is 0.235. The molecule has 2 aliphatic rings. The topological polar surface area (TPSA) is 121 Å². The summed E-state index contributed by atoms with van der Waals surface area (Å²) in [6, 6.07) is -1.04. The molecule has 1 saturated carbocycles. The third-order valence-electron chi connectivity index (χ3n) is 4.33. The minimum Gasteiger partial charge on any atom is -0.466 e. The maximum absolute atomic E-state index is 12.3. The Morgan fingerprint density at radius 3 is 2.23 bits per heavy atom. The van der Waals surface area contributed by atoms with Gasteiger partial charge in [-0.05, 0) is 25.7 Å². The lowest BCUT2D eigenvalue weighted by molar-refractivity contribution is -0.410. The molecule has 1 N–H and O–H groups in total. The smallest absolute Gasteiger partial charge is 0.376 e. The van der Waals surface area contributed by atoms with Crippen molar-refractivity contribution in [1.29, 1.82) is 0 Å². The summed E-state index contributed by atoms with van der Waals surface area (Å²) in [6.07, 6.45) is 4.60. The van der Waals surface area contributed by atoms with Gasteiger partial charge in [-0.25, -0.2) is 24.5 Å². The van der Waals surface area contributed by atoms with Crippen molar-refractivity contribution < 1.29 is 43.6 Å². The summed E-state index contributed by atoms with van der Waals surface area (Å²) in [5.41, 5.74) is -1.47. The second-order valence-electron chi connectivity index (χ2n) is 5.71. The Hall–Kier alpha value is -2.43. The zero-order valence-electron chi connectivity index (χ0n) is 14.7. The number of nitrogens with zero attached hydrogens (tertiary/aromatic N) is 1. The van der Waals surface area contributed by atoms with Crippen molar-refractivity contribution in [2.75, 3.05) is 21.3 Å². The first kappa shape index (κ1) is 19.9. The van der Waals surface area contributed by atoms with Crippen LogP contribution in [0, 0.1) is 0 Å². The maximum atomic E-state index is 12.3. The van der Waals surface area contributed by atoms with E-state index < -0.39 is 35.4 Å². The molecule has 0 aromatic heterocycles. The molecule has 2 rings (SSSR count). The van der Waals surface area contributed by atoms with Gasteiger partial charge >= 0.3 is 17.9 Å². The average Bonchev–Trinajstić information content (AvgIpc) is 3.30. The molecule has 26 heavy (non-hydrogen) atoms. The molecule has 0 aromatic rings. The van der Waals surface area contributed by atoms with Gasteiger partial charge in [0.1, 0.15) is 11.6 Å². The minimum absolute atomic E-state index is 0.178. The summed E-state index contributed by atoms with van der Waals surface area (Å²) in [4.78, 5) is 46.1. The highest BCUT2D eigenvalue weighted by atomic mass is 17.1. The van der Waals surface area contributed by atoms with E-state index in [2.05, 4.69) is 14.4 Å². The number of esters is 3. The Labute approximate surface area is 149 Å². The van der Waals surface area contributed by atoms with Crippen molar-refractivity contribution in [3.63, 3.8) is 0 Å². The molecule has 10 heteroatoms. The van der Waals surface area contributed by atoms with Crippen LogP contribution >= 0.6 is 0 Å². The van der Waals surface area contributed by atoms with E-state index in [4.69, 9.17) is 9.57 Å².